The number of thiophene rings is 1. The second-order valence-corrected chi connectivity index (χ2v) is 8.18. The first-order valence-corrected chi connectivity index (χ1v) is 9.87. The van der Waals surface area contributed by atoms with Gasteiger partial charge in [0.25, 0.3) is 5.91 Å². The van der Waals surface area contributed by atoms with Crippen LogP contribution in [-0.2, 0) is 22.4 Å². The molecule has 2 aliphatic carbocycles. The molecule has 140 valence electrons. The average molecular weight is 376 g/mol. The SMILES string of the molecule is CC[C@@H]1CCc2c(sc(NC(=O)[C@H]3CC=CC[C@@H]3C(=O)O)c2C(N)=O)C1. The van der Waals surface area contributed by atoms with E-state index in [0.29, 0.717) is 29.3 Å². The van der Waals surface area contributed by atoms with Gasteiger partial charge in [0.15, 0.2) is 0 Å². The van der Waals surface area contributed by atoms with Crippen molar-refractivity contribution in [1.82, 2.24) is 0 Å². The molecule has 2 aliphatic rings. The molecule has 1 heterocycles. The Kier molecular flexibility index (Phi) is 5.46. The van der Waals surface area contributed by atoms with Crippen LogP contribution in [0.3, 0.4) is 0 Å². The number of nitrogens with two attached hydrogens (primary N) is 1. The maximum Gasteiger partial charge on any atom is 0.307 e. The van der Waals surface area contributed by atoms with Gasteiger partial charge < -0.3 is 16.2 Å². The molecule has 1 aromatic heterocycles. The van der Waals surface area contributed by atoms with Crippen molar-refractivity contribution in [3.05, 3.63) is 28.2 Å². The molecule has 0 spiro atoms. The van der Waals surface area contributed by atoms with Crippen molar-refractivity contribution in [2.75, 3.05) is 5.32 Å². The fraction of sp³-hybridized carbons (Fsp3) is 0.526. The summed E-state index contributed by atoms with van der Waals surface area (Å²) in [4.78, 5) is 37.3. The van der Waals surface area contributed by atoms with Crippen molar-refractivity contribution in [3.8, 4) is 0 Å². The number of amides is 2. The van der Waals surface area contributed by atoms with Crippen LogP contribution in [0.1, 0.15) is 53.4 Å². The molecule has 0 unspecified atom stereocenters. The Labute approximate surface area is 156 Å². The normalized spacial score (nSPS) is 24.7. The number of carboxylic acids is 1. The average Bonchev–Trinajstić information content (AvgIpc) is 2.98. The minimum Gasteiger partial charge on any atom is -0.481 e. The summed E-state index contributed by atoms with van der Waals surface area (Å²) >= 11 is 1.41. The molecular weight excluding hydrogens is 352 g/mol. The summed E-state index contributed by atoms with van der Waals surface area (Å²) in [6, 6.07) is 0. The Hall–Kier alpha value is -2.15. The van der Waals surface area contributed by atoms with Crippen LogP contribution in [0.4, 0.5) is 5.00 Å². The highest BCUT2D eigenvalue weighted by atomic mass is 32.1. The molecular formula is C19H24N2O4S. The van der Waals surface area contributed by atoms with Gasteiger partial charge in [-0.3, -0.25) is 14.4 Å². The molecule has 6 nitrogen and oxygen atoms in total. The highest BCUT2D eigenvalue weighted by molar-refractivity contribution is 7.17. The molecule has 2 amide bonds. The minimum absolute atomic E-state index is 0.342. The number of carbonyl (C=O) groups is 3. The maximum absolute atomic E-state index is 12.7. The zero-order chi connectivity index (χ0) is 18.8. The molecule has 0 aliphatic heterocycles. The van der Waals surface area contributed by atoms with Gasteiger partial charge in [0.1, 0.15) is 5.00 Å². The largest absolute Gasteiger partial charge is 0.481 e. The van der Waals surface area contributed by atoms with Gasteiger partial charge in [0.05, 0.1) is 17.4 Å². The summed E-state index contributed by atoms with van der Waals surface area (Å²) in [6.07, 6.45) is 8.16. The van der Waals surface area contributed by atoms with E-state index < -0.39 is 23.7 Å². The topological polar surface area (TPSA) is 109 Å². The van der Waals surface area contributed by atoms with Gasteiger partial charge in [-0.25, -0.2) is 0 Å². The van der Waals surface area contributed by atoms with Crippen LogP contribution < -0.4 is 11.1 Å². The Morgan fingerprint density at radius 1 is 1.27 bits per heavy atom. The number of fused-ring (bicyclic) bond motifs is 1. The van der Waals surface area contributed by atoms with Crippen LogP contribution in [-0.4, -0.2) is 22.9 Å². The lowest BCUT2D eigenvalue weighted by atomic mass is 9.82. The second kappa shape index (κ2) is 7.61. The Morgan fingerprint density at radius 2 is 1.96 bits per heavy atom. The molecule has 0 fully saturated rings. The molecule has 0 bridgehead atoms. The zero-order valence-electron chi connectivity index (χ0n) is 14.8. The fourth-order valence-corrected chi connectivity index (χ4v) is 5.30. The number of carboxylic acid groups (broad SMARTS) is 1. The number of hydrogen-bond acceptors (Lipinski definition) is 4. The van der Waals surface area contributed by atoms with Gasteiger partial charge in [-0.05, 0) is 43.6 Å². The van der Waals surface area contributed by atoms with Crippen LogP contribution >= 0.6 is 11.3 Å². The van der Waals surface area contributed by atoms with Gasteiger partial charge in [0, 0.05) is 4.88 Å². The first-order chi connectivity index (χ1) is 12.4. The lowest BCUT2D eigenvalue weighted by Crippen LogP contribution is -2.35. The van der Waals surface area contributed by atoms with E-state index in [0.717, 1.165) is 36.1 Å². The number of aliphatic carboxylic acids is 1. The highest BCUT2D eigenvalue weighted by Crippen LogP contribution is 2.40. The molecule has 0 radical (unpaired) electrons. The van der Waals surface area contributed by atoms with E-state index in [1.54, 1.807) is 6.08 Å². The van der Waals surface area contributed by atoms with E-state index >= 15 is 0 Å². The van der Waals surface area contributed by atoms with Crippen LogP contribution in [0.15, 0.2) is 12.2 Å². The standard InChI is InChI=1S/C19H24N2O4S/c1-2-10-7-8-13-14(9-10)26-18(15(13)16(20)22)21-17(23)11-5-3-4-6-12(11)19(24)25/h3-4,10-12H,2,5-9H2,1H3,(H2,20,22)(H,21,23)(H,24,25)/t10-,11+,12+/m1/s1. The third-order valence-corrected chi connectivity index (χ3v) is 6.68. The third-order valence-electron chi connectivity index (χ3n) is 5.51. The van der Waals surface area contributed by atoms with Crippen molar-refractivity contribution in [3.63, 3.8) is 0 Å². The number of allylic oxidation sites excluding steroid dienone is 2. The van der Waals surface area contributed by atoms with Crippen molar-refractivity contribution in [2.24, 2.45) is 23.5 Å². The van der Waals surface area contributed by atoms with E-state index in [2.05, 4.69) is 12.2 Å². The summed E-state index contributed by atoms with van der Waals surface area (Å²) in [7, 11) is 0. The number of carbonyl (C=O) groups excluding carboxylic acids is 2. The molecule has 3 rings (SSSR count). The summed E-state index contributed by atoms with van der Waals surface area (Å²) in [6.45, 7) is 2.16. The van der Waals surface area contributed by atoms with Crippen LogP contribution in [0, 0.1) is 17.8 Å². The molecule has 1 aromatic rings. The van der Waals surface area contributed by atoms with Gasteiger partial charge in [0.2, 0.25) is 5.91 Å². The van der Waals surface area contributed by atoms with Gasteiger partial charge in [-0.2, -0.15) is 0 Å². The highest BCUT2D eigenvalue weighted by Gasteiger charge is 2.35. The first-order valence-electron chi connectivity index (χ1n) is 9.05. The molecule has 4 N–H and O–H groups in total. The van der Waals surface area contributed by atoms with E-state index in [-0.39, 0.29) is 5.91 Å². The summed E-state index contributed by atoms with van der Waals surface area (Å²) < 4.78 is 0. The molecule has 0 aromatic carbocycles. The van der Waals surface area contributed by atoms with Crippen LogP contribution in [0.2, 0.25) is 0 Å². The van der Waals surface area contributed by atoms with Gasteiger partial charge in [-0.1, -0.05) is 25.5 Å². The third kappa shape index (κ3) is 3.53. The molecule has 7 heteroatoms. The van der Waals surface area contributed by atoms with Crippen molar-refractivity contribution < 1.29 is 19.5 Å². The Morgan fingerprint density at radius 3 is 2.58 bits per heavy atom. The maximum atomic E-state index is 12.7. The lowest BCUT2D eigenvalue weighted by Gasteiger charge is -2.24. The van der Waals surface area contributed by atoms with Crippen LogP contribution in [0.25, 0.3) is 0 Å². The number of rotatable bonds is 5. The van der Waals surface area contributed by atoms with Crippen molar-refractivity contribution in [2.45, 2.75) is 45.4 Å². The Balaban J connectivity index is 1.86. The quantitative estimate of drug-likeness (QED) is 0.686. The van der Waals surface area contributed by atoms with Gasteiger partial charge >= 0.3 is 5.97 Å². The second-order valence-electron chi connectivity index (χ2n) is 7.07. The summed E-state index contributed by atoms with van der Waals surface area (Å²) in [5.74, 6) is -2.65. The predicted molar refractivity (Wildman–Crippen MR) is 100 cm³/mol. The monoisotopic (exact) mass is 376 g/mol. The van der Waals surface area contributed by atoms with Crippen molar-refractivity contribution in [1.29, 1.82) is 0 Å². The number of anilines is 1. The number of primary amides is 1. The van der Waals surface area contributed by atoms with Crippen LogP contribution in [0.5, 0.6) is 0 Å². The van der Waals surface area contributed by atoms with E-state index in [4.69, 9.17) is 5.73 Å². The Bertz CT molecular complexity index is 768. The summed E-state index contributed by atoms with van der Waals surface area (Å²) in [5.41, 5.74) is 6.96. The molecule has 3 atom stereocenters. The first kappa shape index (κ1) is 18.6. The molecule has 0 saturated heterocycles. The predicted octanol–water partition coefficient (Wildman–Crippen LogP) is 2.97. The fourth-order valence-electron chi connectivity index (χ4n) is 3.93. The van der Waals surface area contributed by atoms with Crippen molar-refractivity contribution >= 4 is 34.1 Å². The number of hydrogen-bond donors (Lipinski definition) is 3. The molecule has 0 saturated carbocycles. The minimum atomic E-state index is -0.971. The zero-order valence-corrected chi connectivity index (χ0v) is 15.6. The van der Waals surface area contributed by atoms with E-state index in [9.17, 15) is 19.5 Å². The van der Waals surface area contributed by atoms with E-state index in [1.807, 2.05) is 6.08 Å². The van der Waals surface area contributed by atoms with E-state index in [1.165, 1.54) is 11.3 Å². The molecule has 26 heavy (non-hydrogen) atoms. The number of nitrogens with one attached hydrogen (secondary N) is 1. The lowest BCUT2D eigenvalue weighted by molar-refractivity contribution is -0.146. The smallest absolute Gasteiger partial charge is 0.307 e. The van der Waals surface area contributed by atoms with Gasteiger partial charge in [-0.15, -0.1) is 11.3 Å². The summed E-state index contributed by atoms with van der Waals surface area (Å²) in [5, 5.41) is 12.7.